The lowest BCUT2D eigenvalue weighted by Gasteiger charge is -2.21. The van der Waals surface area contributed by atoms with Gasteiger partial charge in [0.15, 0.2) is 5.78 Å². The number of non-ortho nitro benzene ring substituents is 1. The summed E-state index contributed by atoms with van der Waals surface area (Å²) in [5, 5.41) is 21.1. The molecular formula is C17H17NO4. The Labute approximate surface area is 128 Å². The number of rotatable bonds is 6. The van der Waals surface area contributed by atoms with E-state index in [1.54, 1.807) is 24.3 Å². The molecule has 2 rings (SSSR count). The first-order valence-corrected chi connectivity index (χ1v) is 7.06. The zero-order valence-corrected chi connectivity index (χ0v) is 12.2. The normalized spacial score (nSPS) is 13.4. The van der Waals surface area contributed by atoms with Crippen molar-refractivity contribution >= 4 is 11.5 Å². The topological polar surface area (TPSA) is 80.4 Å². The van der Waals surface area contributed by atoms with Gasteiger partial charge in [0.25, 0.3) is 5.69 Å². The van der Waals surface area contributed by atoms with Gasteiger partial charge in [0.05, 0.1) is 16.9 Å². The molecule has 0 radical (unpaired) electrons. The number of aliphatic hydroxyl groups is 1. The van der Waals surface area contributed by atoms with Gasteiger partial charge in [-0.05, 0) is 24.1 Å². The fourth-order valence-electron chi connectivity index (χ4n) is 2.39. The number of nitrogens with zero attached hydrogens (tertiary/aromatic N) is 1. The summed E-state index contributed by atoms with van der Waals surface area (Å²) in [6.07, 6.45) is -0.509. The zero-order valence-electron chi connectivity index (χ0n) is 12.2. The largest absolute Gasteiger partial charge is 0.388 e. The summed E-state index contributed by atoms with van der Waals surface area (Å²) in [6, 6.07) is 14.5. The van der Waals surface area contributed by atoms with E-state index in [0.29, 0.717) is 17.5 Å². The van der Waals surface area contributed by atoms with E-state index in [-0.39, 0.29) is 11.5 Å². The number of ketones is 1. The summed E-state index contributed by atoms with van der Waals surface area (Å²) < 4.78 is 0. The van der Waals surface area contributed by atoms with Gasteiger partial charge in [-0.15, -0.1) is 0 Å². The van der Waals surface area contributed by atoms with Gasteiger partial charge in [0.1, 0.15) is 0 Å². The molecule has 0 spiro atoms. The molecule has 2 aromatic rings. The van der Waals surface area contributed by atoms with E-state index in [2.05, 4.69) is 0 Å². The average Bonchev–Trinajstić information content (AvgIpc) is 2.56. The summed E-state index contributed by atoms with van der Waals surface area (Å²) in [4.78, 5) is 22.7. The van der Waals surface area contributed by atoms with Crippen LogP contribution >= 0.6 is 0 Å². The lowest BCUT2D eigenvalue weighted by molar-refractivity contribution is -0.384. The van der Waals surface area contributed by atoms with Gasteiger partial charge in [-0.1, -0.05) is 37.3 Å². The zero-order chi connectivity index (χ0) is 16.1. The summed E-state index contributed by atoms with van der Waals surface area (Å²) in [7, 11) is 0. The highest BCUT2D eigenvalue weighted by Gasteiger charge is 2.27. The molecule has 2 atom stereocenters. The van der Waals surface area contributed by atoms with Crippen LogP contribution in [0.3, 0.4) is 0 Å². The van der Waals surface area contributed by atoms with Crippen LogP contribution in [0.2, 0.25) is 0 Å². The summed E-state index contributed by atoms with van der Waals surface area (Å²) >= 11 is 0. The highest BCUT2D eigenvalue weighted by Crippen LogP contribution is 2.29. The van der Waals surface area contributed by atoms with Crippen LogP contribution in [0.25, 0.3) is 0 Å². The summed E-state index contributed by atoms with van der Waals surface area (Å²) in [5.74, 6) is -0.710. The molecule has 0 amide bonds. The predicted octanol–water partition coefficient (Wildman–Crippen LogP) is 3.54. The standard InChI is InChI=1S/C17H17NO4/c1-2-15(16(19)12-6-4-3-5-7-12)17(20)13-8-10-14(11-9-13)18(21)22/h3-11,15,17,20H,2H2,1H3/t15-,17-/m1/s1. The molecule has 2 aromatic carbocycles. The van der Waals surface area contributed by atoms with Gasteiger partial charge in [-0.3, -0.25) is 14.9 Å². The Hall–Kier alpha value is -2.53. The van der Waals surface area contributed by atoms with Gasteiger partial charge in [-0.25, -0.2) is 0 Å². The van der Waals surface area contributed by atoms with E-state index in [4.69, 9.17) is 0 Å². The molecule has 0 saturated carbocycles. The van der Waals surface area contributed by atoms with E-state index < -0.39 is 16.9 Å². The minimum absolute atomic E-state index is 0.0432. The van der Waals surface area contributed by atoms with Gasteiger partial charge < -0.3 is 5.11 Å². The highest BCUT2D eigenvalue weighted by molar-refractivity contribution is 5.98. The van der Waals surface area contributed by atoms with Gasteiger partial charge in [0.2, 0.25) is 0 Å². The monoisotopic (exact) mass is 299 g/mol. The molecule has 1 N–H and O–H groups in total. The van der Waals surface area contributed by atoms with Crippen LogP contribution in [-0.4, -0.2) is 15.8 Å². The van der Waals surface area contributed by atoms with Crippen molar-refractivity contribution in [2.24, 2.45) is 5.92 Å². The molecular weight excluding hydrogens is 282 g/mol. The number of nitro benzene ring substituents is 1. The second-order valence-electron chi connectivity index (χ2n) is 5.04. The fraction of sp³-hybridized carbons (Fsp3) is 0.235. The van der Waals surface area contributed by atoms with Crippen LogP contribution < -0.4 is 0 Å². The molecule has 0 aliphatic rings. The summed E-state index contributed by atoms with van der Waals surface area (Å²) in [5.41, 5.74) is 1.01. The number of benzene rings is 2. The Balaban J connectivity index is 2.23. The van der Waals surface area contributed by atoms with Crippen LogP contribution in [0.4, 0.5) is 5.69 Å². The van der Waals surface area contributed by atoms with Crippen molar-refractivity contribution in [2.75, 3.05) is 0 Å². The maximum Gasteiger partial charge on any atom is 0.269 e. The second kappa shape index (κ2) is 6.95. The number of hydrogen-bond donors (Lipinski definition) is 1. The first-order valence-electron chi connectivity index (χ1n) is 7.06. The molecule has 5 nitrogen and oxygen atoms in total. The molecule has 0 aromatic heterocycles. The molecule has 0 saturated heterocycles. The lowest BCUT2D eigenvalue weighted by atomic mass is 9.87. The third-order valence-electron chi connectivity index (χ3n) is 3.66. The third-order valence-corrected chi connectivity index (χ3v) is 3.66. The third kappa shape index (κ3) is 3.38. The highest BCUT2D eigenvalue weighted by atomic mass is 16.6. The Morgan fingerprint density at radius 1 is 1.14 bits per heavy atom. The maximum absolute atomic E-state index is 12.5. The lowest BCUT2D eigenvalue weighted by Crippen LogP contribution is -2.22. The SMILES string of the molecule is CC[C@H](C(=O)c1ccccc1)[C@H](O)c1ccc([N+](=O)[O-])cc1. The van der Waals surface area contributed by atoms with E-state index in [9.17, 15) is 20.0 Å². The van der Waals surface area contributed by atoms with E-state index >= 15 is 0 Å². The first-order chi connectivity index (χ1) is 10.5. The van der Waals surface area contributed by atoms with Crippen molar-refractivity contribution in [3.05, 3.63) is 75.8 Å². The van der Waals surface area contributed by atoms with E-state index in [1.165, 1.54) is 24.3 Å². The Kier molecular flexibility index (Phi) is 5.01. The van der Waals surface area contributed by atoms with Gasteiger partial charge in [0, 0.05) is 17.7 Å². The summed E-state index contributed by atoms with van der Waals surface area (Å²) in [6.45, 7) is 1.83. The Bertz CT molecular complexity index is 652. The number of carbonyl (C=O) groups is 1. The van der Waals surface area contributed by atoms with Crippen LogP contribution in [0.1, 0.15) is 35.4 Å². The van der Waals surface area contributed by atoms with Crippen LogP contribution in [0.15, 0.2) is 54.6 Å². The number of Topliss-reactive ketones (excluding diaryl/α,β-unsaturated/α-hetero) is 1. The first kappa shape index (κ1) is 15.9. The molecule has 114 valence electrons. The van der Waals surface area contributed by atoms with Crippen molar-refractivity contribution in [3.8, 4) is 0 Å². The van der Waals surface area contributed by atoms with Crippen molar-refractivity contribution < 1.29 is 14.8 Å². The number of aliphatic hydroxyl groups excluding tert-OH is 1. The minimum Gasteiger partial charge on any atom is -0.388 e. The predicted molar refractivity (Wildman–Crippen MR) is 82.6 cm³/mol. The van der Waals surface area contributed by atoms with Crippen LogP contribution in [0.5, 0.6) is 0 Å². The van der Waals surface area contributed by atoms with E-state index in [0.717, 1.165) is 0 Å². The number of hydrogen-bond acceptors (Lipinski definition) is 4. The quantitative estimate of drug-likeness (QED) is 0.502. The van der Waals surface area contributed by atoms with Gasteiger partial charge in [-0.2, -0.15) is 0 Å². The molecule has 0 fully saturated rings. The molecule has 5 heteroatoms. The molecule has 22 heavy (non-hydrogen) atoms. The Morgan fingerprint density at radius 2 is 1.73 bits per heavy atom. The Morgan fingerprint density at radius 3 is 2.23 bits per heavy atom. The van der Waals surface area contributed by atoms with Crippen molar-refractivity contribution in [3.63, 3.8) is 0 Å². The van der Waals surface area contributed by atoms with Crippen molar-refractivity contribution in [2.45, 2.75) is 19.4 Å². The second-order valence-corrected chi connectivity index (χ2v) is 5.04. The number of carbonyl (C=O) groups excluding carboxylic acids is 1. The fourth-order valence-corrected chi connectivity index (χ4v) is 2.39. The van der Waals surface area contributed by atoms with E-state index in [1.807, 2.05) is 13.0 Å². The molecule has 0 bridgehead atoms. The van der Waals surface area contributed by atoms with Crippen molar-refractivity contribution in [1.82, 2.24) is 0 Å². The molecule has 0 aliphatic carbocycles. The average molecular weight is 299 g/mol. The maximum atomic E-state index is 12.5. The van der Waals surface area contributed by atoms with Crippen LogP contribution in [0, 0.1) is 16.0 Å². The molecule has 0 aliphatic heterocycles. The molecule has 0 unspecified atom stereocenters. The minimum atomic E-state index is -0.987. The van der Waals surface area contributed by atoms with Gasteiger partial charge >= 0.3 is 0 Å². The van der Waals surface area contributed by atoms with Crippen molar-refractivity contribution in [1.29, 1.82) is 0 Å². The molecule has 0 heterocycles. The number of nitro groups is 1. The van der Waals surface area contributed by atoms with Crippen LogP contribution in [-0.2, 0) is 0 Å². The smallest absolute Gasteiger partial charge is 0.269 e.